The Labute approximate surface area is 146 Å². The van der Waals surface area contributed by atoms with Crippen LogP contribution in [0.25, 0.3) is 0 Å². The molecule has 124 valence electrons. The summed E-state index contributed by atoms with van der Waals surface area (Å²) in [6, 6.07) is 5.32. The maximum Gasteiger partial charge on any atom is 0.220 e. The van der Waals surface area contributed by atoms with Crippen molar-refractivity contribution in [3.8, 4) is 0 Å². The van der Waals surface area contributed by atoms with Gasteiger partial charge in [0.1, 0.15) is 0 Å². The van der Waals surface area contributed by atoms with Gasteiger partial charge in [-0.2, -0.15) is 15.0 Å². The normalized spacial score (nSPS) is 12.4. The van der Waals surface area contributed by atoms with Gasteiger partial charge in [-0.1, -0.05) is 43.1 Å². The number of benzene rings is 1. The van der Waals surface area contributed by atoms with Crippen LogP contribution in [-0.4, -0.2) is 26.9 Å². The van der Waals surface area contributed by atoms with Gasteiger partial charge in [0.15, 0.2) is 0 Å². The monoisotopic (exact) mass is 354 g/mol. The van der Waals surface area contributed by atoms with Gasteiger partial charge in [-0.15, -0.1) is 0 Å². The van der Waals surface area contributed by atoms with E-state index in [9.17, 15) is 4.79 Å². The van der Waals surface area contributed by atoms with Crippen LogP contribution in [0.1, 0.15) is 25.8 Å². The van der Waals surface area contributed by atoms with Gasteiger partial charge in [0.05, 0.1) is 25.0 Å². The van der Waals surface area contributed by atoms with E-state index >= 15 is 0 Å². The number of nitrogens with one attached hydrogen (secondary N) is 1. The topological polar surface area (TPSA) is 59.8 Å². The molecule has 2 aromatic rings. The van der Waals surface area contributed by atoms with Crippen LogP contribution in [0.15, 0.2) is 30.6 Å². The van der Waals surface area contributed by atoms with E-state index in [1.807, 2.05) is 0 Å². The largest absolute Gasteiger partial charge is 0.351 e. The Morgan fingerprint density at radius 2 is 1.83 bits per heavy atom. The zero-order chi connectivity index (χ0) is 16.8. The molecule has 5 nitrogen and oxygen atoms in total. The Kier molecular flexibility index (Phi) is 6.42. The third-order valence-corrected chi connectivity index (χ3v) is 4.35. The quantitative estimate of drug-likeness (QED) is 0.829. The fourth-order valence-electron chi connectivity index (χ4n) is 2.23. The first-order chi connectivity index (χ1) is 11.0. The first-order valence-electron chi connectivity index (χ1n) is 7.53. The van der Waals surface area contributed by atoms with E-state index in [2.05, 4.69) is 29.4 Å². The molecular formula is C16H20Cl2N4O. The van der Waals surface area contributed by atoms with E-state index in [0.29, 0.717) is 29.4 Å². The summed E-state index contributed by atoms with van der Waals surface area (Å²) in [5.41, 5.74) is 0.806. The Morgan fingerprint density at radius 3 is 2.39 bits per heavy atom. The minimum Gasteiger partial charge on any atom is -0.351 e. The maximum absolute atomic E-state index is 12.2. The second kappa shape index (κ2) is 8.31. The van der Waals surface area contributed by atoms with Crippen LogP contribution in [0, 0.1) is 5.92 Å². The summed E-state index contributed by atoms with van der Waals surface area (Å²) in [5.74, 6) is 0.237. The van der Waals surface area contributed by atoms with Gasteiger partial charge in [-0.3, -0.25) is 4.79 Å². The van der Waals surface area contributed by atoms with Crippen molar-refractivity contribution in [2.45, 2.75) is 39.3 Å². The van der Waals surface area contributed by atoms with Gasteiger partial charge in [0.25, 0.3) is 0 Å². The van der Waals surface area contributed by atoms with Crippen molar-refractivity contribution in [3.05, 3.63) is 46.2 Å². The number of carbonyl (C=O) groups is 1. The van der Waals surface area contributed by atoms with Crippen LogP contribution in [0.5, 0.6) is 0 Å². The SMILES string of the molecule is CC(C)[C@@H](Cn1nccn1)NC(=O)CCc1c(Cl)cccc1Cl. The predicted octanol–water partition coefficient (Wildman–Crippen LogP) is 3.36. The summed E-state index contributed by atoms with van der Waals surface area (Å²) in [6.07, 6.45) is 4.09. The van der Waals surface area contributed by atoms with Gasteiger partial charge < -0.3 is 5.32 Å². The van der Waals surface area contributed by atoms with Crippen molar-refractivity contribution in [1.29, 1.82) is 0 Å². The zero-order valence-corrected chi connectivity index (χ0v) is 14.7. The lowest BCUT2D eigenvalue weighted by Gasteiger charge is -2.22. The number of carbonyl (C=O) groups excluding carboxylic acids is 1. The number of aromatic nitrogens is 3. The van der Waals surface area contributed by atoms with E-state index in [1.165, 1.54) is 0 Å². The number of hydrogen-bond donors (Lipinski definition) is 1. The summed E-state index contributed by atoms with van der Waals surface area (Å²) in [7, 11) is 0. The molecule has 0 spiro atoms. The molecule has 1 aromatic carbocycles. The predicted molar refractivity (Wildman–Crippen MR) is 91.6 cm³/mol. The minimum atomic E-state index is -0.0353. The molecule has 0 aliphatic heterocycles. The lowest BCUT2D eigenvalue weighted by molar-refractivity contribution is -0.122. The van der Waals surface area contributed by atoms with Gasteiger partial charge >= 0.3 is 0 Å². The highest BCUT2D eigenvalue weighted by Gasteiger charge is 2.18. The number of nitrogens with zero attached hydrogens (tertiary/aromatic N) is 3. The molecule has 0 saturated heterocycles. The van der Waals surface area contributed by atoms with Gasteiger partial charge in [-0.05, 0) is 30.0 Å². The molecular weight excluding hydrogens is 335 g/mol. The molecule has 0 unspecified atom stereocenters. The second-order valence-corrected chi connectivity index (χ2v) is 6.52. The van der Waals surface area contributed by atoms with E-state index in [4.69, 9.17) is 23.2 Å². The van der Waals surface area contributed by atoms with Crippen molar-refractivity contribution < 1.29 is 4.79 Å². The van der Waals surface area contributed by atoms with Crippen molar-refractivity contribution in [1.82, 2.24) is 20.3 Å². The first kappa shape index (κ1) is 17.8. The number of amides is 1. The summed E-state index contributed by atoms with van der Waals surface area (Å²) in [6.45, 7) is 4.65. The van der Waals surface area contributed by atoms with Crippen LogP contribution in [-0.2, 0) is 17.8 Å². The number of rotatable bonds is 7. The maximum atomic E-state index is 12.2. The Balaban J connectivity index is 1.92. The summed E-state index contributed by atoms with van der Waals surface area (Å²) in [4.78, 5) is 13.8. The summed E-state index contributed by atoms with van der Waals surface area (Å²) in [5, 5.41) is 12.4. The molecule has 1 aromatic heterocycles. The van der Waals surface area contributed by atoms with E-state index < -0.39 is 0 Å². The smallest absolute Gasteiger partial charge is 0.220 e. The molecule has 0 bridgehead atoms. The molecule has 0 aliphatic carbocycles. The molecule has 0 aliphatic rings. The van der Waals surface area contributed by atoms with Crippen molar-refractivity contribution >= 4 is 29.1 Å². The standard InChI is InChI=1S/C16H20Cl2N4O/c1-11(2)15(10-22-19-8-9-20-22)21-16(23)7-6-12-13(17)4-3-5-14(12)18/h3-5,8-9,11,15H,6-7,10H2,1-2H3,(H,21,23)/t15-/m1/s1. The highest BCUT2D eigenvalue weighted by molar-refractivity contribution is 6.36. The number of halogens is 2. The van der Waals surface area contributed by atoms with E-state index in [1.54, 1.807) is 35.4 Å². The molecule has 7 heteroatoms. The van der Waals surface area contributed by atoms with E-state index in [0.717, 1.165) is 5.56 Å². The Bertz CT molecular complexity index is 623. The second-order valence-electron chi connectivity index (χ2n) is 5.70. The van der Waals surface area contributed by atoms with Crippen LogP contribution in [0.2, 0.25) is 10.0 Å². The molecule has 23 heavy (non-hydrogen) atoms. The highest BCUT2D eigenvalue weighted by Crippen LogP contribution is 2.25. The van der Waals surface area contributed by atoms with Crippen molar-refractivity contribution in [3.63, 3.8) is 0 Å². The van der Waals surface area contributed by atoms with Crippen LogP contribution >= 0.6 is 23.2 Å². The lowest BCUT2D eigenvalue weighted by atomic mass is 10.0. The molecule has 1 amide bonds. The first-order valence-corrected chi connectivity index (χ1v) is 8.29. The third-order valence-electron chi connectivity index (χ3n) is 3.64. The Morgan fingerprint density at radius 1 is 1.22 bits per heavy atom. The molecule has 1 heterocycles. The fourth-order valence-corrected chi connectivity index (χ4v) is 2.81. The summed E-state index contributed by atoms with van der Waals surface area (Å²) >= 11 is 12.3. The Hall–Kier alpha value is -1.59. The average Bonchev–Trinajstić information content (AvgIpc) is 2.99. The van der Waals surface area contributed by atoms with Crippen LogP contribution in [0.3, 0.4) is 0 Å². The van der Waals surface area contributed by atoms with Crippen molar-refractivity contribution in [2.75, 3.05) is 0 Å². The molecule has 0 fully saturated rings. The van der Waals surface area contributed by atoms with Gasteiger partial charge in [-0.25, -0.2) is 0 Å². The molecule has 1 atom stereocenters. The van der Waals surface area contributed by atoms with Crippen LogP contribution in [0.4, 0.5) is 0 Å². The average molecular weight is 355 g/mol. The molecule has 2 rings (SSSR count). The number of hydrogen-bond acceptors (Lipinski definition) is 3. The van der Waals surface area contributed by atoms with Crippen molar-refractivity contribution in [2.24, 2.45) is 5.92 Å². The summed E-state index contributed by atoms with van der Waals surface area (Å²) < 4.78 is 0. The molecule has 0 saturated carbocycles. The van der Waals surface area contributed by atoms with Crippen LogP contribution < -0.4 is 5.32 Å². The molecule has 0 radical (unpaired) electrons. The highest BCUT2D eigenvalue weighted by atomic mass is 35.5. The minimum absolute atomic E-state index is 0.0309. The van der Waals surface area contributed by atoms with E-state index in [-0.39, 0.29) is 17.9 Å². The van der Waals surface area contributed by atoms with Gasteiger partial charge in [0, 0.05) is 16.5 Å². The third kappa shape index (κ3) is 5.22. The van der Waals surface area contributed by atoms with Gasteiger partial charge in [0.2, 0.25) is 5.91 Å². The molecule has 1 N–H and O–H groups in total. The lowest BCUT2D eigenvalue weighted by Crippen LogP contribution is -2.42. The zero-order valence-electron chi connectivity index (χ0n) is 13.2. The fraction of sp³-hybridized carbons (Fsp3) is 0.438.